The zero-order chi connectivity index (χ0) is 28.2. The van der Waals surface area contributed by atoms with E-state index in [1.165, 1.54) is 12.1 Å². The molecule has 1 aliphatic heterocycles. The number of benzodiazepines with no additional fused rings is 1. The average molecular weight is 541 g/mol. The van der Waals surface area contributed by atoms with E-state index in [0.717, 1.165) is 12.1 Å². The van der Waals surface area contributed by atoms with E-state index < -0.39 is 60.6 Å². The van der Waals surface area contributed by atoms with Gasteiger partial charge in [0.05, 0.1) is 23.2 Å². The van der Waals surface area contributed by atoms with Gasteiger partial charge in [-0.15, -0.1) is 0 Å². The third-order valence-corrected chi connectivity index (χ3v) is 6.29. The molecule has 0 saturated heterocycles. The highest BCUT2D eigenvalue weighted by Crippen LogP contribution is 2.33. The predicted octanol–water partition coefficient (Wildman–Crippen LogP) is 4.29. The second-order valence-corrected chi connectivity index (χ2v) is 8.98. The third-order valence-electron chi connectivity index (χ3n) is 6.29. The summed E-state index contributed by atoms with van der Waals surface area (Å²) in [6, 6.07) is 20.1. The number of nitrogens with one attached hydrogen (secondary N) is 2. The SMILES string of the molecule is NC(=O)[C@@H](c1ccc(F)cc1)[C@@H](CCC(F)(F)F)C(=O)N[C@H]1N=C(c2ccccc2)c2ccccc2NC1=O. The minimum Gasteiger partial charge on any atom is -0.369 e. The van der Waals surface area contributed by atoms with Crippen LogP contribution in [0.5, 0.6) is 0 Å². The lowest BCUT2D eigenvalue weighted by atomic mass is 9.81. The molecule has 3 amide bonds. The number of amides is 3. The molecule has 0 aliphatic carbocycles. The number of carbonyl (C=O) groups is 3. The van der Waals surface area contributed by atoms with Crippen LogP contribution < -0.4 is 16.4 Å². The van der Waals surface area contributed by atoms with Gasteiger partial charge in [0.15, 0.2) is 0 Å². The number of aliphatic imine (C=N–C) groups is 1. The van der Waals surface area contributed by atoms with E-state index in [1.54, 1.807) is 54.6 Å². The van der Waals surface area contributed by atoms with Gasteiger partial charge in [-0.1, -0.05) is 60.7 Å². The van der Waals surface area contributed by atoms with Crippen LogP contribution in [0.3, 0.4) is 0 Å². The quantitative estimate of drug-likeness (QED) is 0.371. The number of primary amides is 1. The fourth-order valence-corrected chi connectivity index (χ4v) is 4.46. The molecule has 3 aromatic carbocycles. The summed E-state index contributed by atoms with van der Waals surface area (Å²) in [5, 5.41) is 5.09. The Bertz CT molecular complexity index is 1390. The fourth-order valence-electron chi connectivity index (χ4n) is 4.46. The van der Waals surface area contributed by atoms with Crippen molar-refractivity contribution < 1.29 is 31.9 Å². The van der Waals surface area contributed by atoms with Gasteiger partial charge in [0.1, 0.15) is 5.82 Å². The molecule has 0 fully saturated rings. The van der Waals surface area contributed by atoms with E-state index in [2.05, 4.69) is 15.6 Å². The number of nitrogens with two attached hydrogens (primary N) is 1. The number of fused-ring (bicyclic) bond motifs is 1. The van der Waals surface area contributed by atoms with Gasteiger partial charge in [-0.2, -0.15) is 13.2 Å². The van der Waals surface area contributed by atoms with E-state index in [9.17, 15) is 31.9 Å². The molecule has 39 heavy (non-hydrogen) atoms. The van der Waals surface area contributed by atoms with Crippen LogP contribution in [0.2, 0.25) is 0 Å². The average Bonchev–Trinajstić information content (AvgIpc) is 3.03. The molecule has 11 heteroatoms. The smallest absolute Gasteiger partial charge is 0.369 e. The third kappa shape index (κ3) is 6.67. The normalized spacial score (nSPS) is 16.7. The molecular formula is C28H24F4N4O3. The van der Waals surface area contributed by atoms with Crippen molar-refractivity contribution in [2.45, 2.75) is 31.1 Å². The molecule has 4 N–H and O–H groups in total. The van der Waals surface area contributed by atoms with Crippen LogP contribution in [0.1, 0.15) is 35.4 Å². The standard InChI is InChI=1S/C28H24F4N4O3/c29-18-12-10-16(11-13-18)22(24(33)37)20(14-15-28(30,31)32)26(38)36-25-27(39)34-21-9-5-4-8-19(21)23(35-25)17-6-2-1-3-7-17/h1-13,20,22,25H,14-15H2,(H2,33,37)(H,34,39)(H,36,38)/t20-,22+,25-/m1/s1. The Morgan fingerprint density at radius 2 is 1.62 bits per heavy atom. The minimum atomic E-state index is -4.64. The number of nitrogens with zero attached hydrogens (tertiary/aromatic N) is 1. The Hall–Kier alpha value is -4.54. The van der Waals surface area contributed by atoms with Gasteiger partial charge in [-0.3, -0.25) is 14.4 Å². The summed E-state index contributed by atoms with van der Waals surface area (Å²) in [6.07, 6.45) is -8.36. The molecular weight excluding hydrogens is 516 g/mol. The highest BCUT2D eigenvalue weighted by atomic mass is 19.4. The second-order valence-electron chi connectivity index (χ2n) is 8.98. The maximum absolute atomic E-state index is 13.5. The van der Waals surface area contributed by atoms with Crippen molar-refractivity contribution in [3.05, 3.63) is 101 Å². The van der Waals surface area contributed by atoms with Crippen molar-refractivity contribution in [3.8, 4) is 0 Å². The van der Waals surface area contributed by atoms with Crippen molar-refractivity contribution in [1.82, 2.24) is 5.32 Å². The minimum absolute atomic E-state index is 0.0671. The van der Waals surface area contributed by atoms with Crippen LogP contribution in [-0.4, -0.2) is 35.8 Å². The second kappa shape index (κ2) is 11.5. The number of rotatable bonds is 8. The van der Waals surface area contributed by atoms with Crippen LogP contribution in [-0.2, 0) is 14.4 Å². The van der Waals surface area contributed by atoms with Crippen molar-refractivity contribution >= 4 is 29.1 Å². The lowest BCUT2D eigenvalue weighted by Crippen LogP contribution is -2.47. The molecule has 0 unspecified atom stereocenters. The molecule has 0 spiro atoms. The molecule has 0 bridgehead atoms. The predicted molar refractivity (Wildman–Crippen MR) is 136 cm³/mol. The van der Waals surface area contributed by atoms with Crippen LogP contribution in [0.4, 0.5) is 23.2 Å². The number of para-hydroxylation sites is 1. The van der Waals surface area contributed by atoms with E-state index in [0.29, 0.717) is 22.5 Å². The number of benzene rings is 3. The Kier molecular flexibility index (Phi) is 8.08. The Balaban J connectivity index is 1.72. The number of carbonyl (C=O) groups excluding carboxylic acids is 3. The first kappa shape index (κ1) is 27.5. The lowest BCUT2D eigenvalue weighted by Gasteiger charge is -2.26. The maximum Gasteiger partial charge on any atom is 0.389 e. The summed E-state index contributed by atoms with van der Waals surface area (Å²) >= 11 is 0. The molecule has 3 aromatic rings. The lowest BCUT2D eigenvalue weighted by molar-refractivity contribution is -0.144. The monoisotopic (exact) mass is 540 g/mol. The molecule has 3 atom stereocenters. The summed E-state index contributed by atoms with van der Waals surface area (Å²) in [5.41, 5.74) is 7.59. The summed E-state index contributed by atoms with van der Waals surface area (Å²) in [5.74, 6) is -6.62. The van der Waals surface area contributed by atoms with E-state index in [-0.39, 0.29) is 5.56 Å². The number of anilines is 1. The van der Waals surface area contributed by atoms with Crippen LogP contribution in [0, 0.1) is 11.7 Å². The fraction of sp³-hybridized carbons (Fsp3) is 0.214. The molecule has 1 aliphatic rings. The van der Waals surface area contributed by atoms with Gasteiger partial charge >= 0.3 is 6.18 Å². The van der Waals surface area contributed by atoms with Gasteiger partial charge in [0, 0.05) is 17.5 Å². The molecule has 1 heterocycles. The van der Waals surface area contributed by atoms with Crippen molar-refractivity contribution in [2.75, 3.05) is 5.32 Å². The van der Waals surface area contributed by atoms with Crippen molar-refractivity contribution in [2.24, 2.45) is 16.6 Å². The zero-order valence-electron chi connectivity index (χ0n) is 20.4. The first-order valence-electron chi connectivity index (χ1n) is 12.0. The Morgan fingerprint density at radius 1 is 0.974 bits per heavy atom. The summed E-state index contributed by atoms with van der Waals surface area (Å²) < 4.78 is 53.0. The molecule has 7 nitrogen and oxygen atoms in total. The summed E-state index contributed by atoms with van der Waals surface area (Å²) in [4.78, 5) is 43.5. The van der Waals surface area contributed by atoms with Gasteiger partial charge in [-0.25, -0.2) is 9.38 Å². The Morgan fingerprint density at radius 3 is 2.26 bits per heavy atom. The number of hydrogen-bond donors (Lipinski definition) is 3. The molecule has 202 valence electrons. The highest BCUT2D eigenvalue weighted by molar-refractivity contribution is 6.19. The molecule has 0 saturated carbocycles. The number of hydrogen-bond acceptors (Lipinski definition) is 4. The number of halogens is 4. The summed E-state index contributed by atoms with van der Waals surface area (Å²) in [7, 11) is 0. The highest BCUT2D eigenvalue weighted by Gasteiger charge is 2.39. The van der Waals surface area contributed by atoms with E-state index >= 15 is 0 Å². The van der Waals surface area contributed by atoms with E-state index in [1.807, 2.05) is 0 Å². The zero-order valence-corrected chi connectivity index (χ0v) is 20.4. The topological polar surface area (TPSA) is 114 Å². The van der Waals surface area contributed by atoms with Crippen LogP contribution in [0.15, 0.2) is 83.9 Å². The van der Waals surface area contributed by atoms with Gasteiger partial charge in [0.2, 0.25) is 18.0 Å². The van der Waals surface area contributed by atoms with Crippen LogP contribution >= 0.6 is 0 Å². The maximum atomic E-state index is 13.5. The Labute approximate surface area is 221 Å². The van der Waals surface area contributed by atoms with Crippen molar-refractivity contribution in [1.29, 1.82) is 0 Å². The van der Waals surface area contributed by atoms with Gasteiger partial charge in [0.25, 0.3) is 5.91 Å². The van der Waals surface area contributed by atoms with Gasteiger partial charge < -0.3 is 16.4 Å². The van der Waals surface area contributed by atoms with Crippen LogP contribution in [0.25, 0.3) is 0 Å². The first-order chi connectivity index (χ1) is 18.5. The molecule has 0 radical (unpaired) electrons. The summed E-state index contributed by atoms with van der Waals surface area (Å²) in [6.45, 7) is 0. The first-order valence-corrected chi connectivity index (χ1v) is 12.0. The van der Waals surface area contributed by atoms with E-state index in [4.69, 9.17) is 5.73 Å². The molecule has 0 aromatic heterocycles. The van der Waals surface area contributed by atoms with Gasteiger partial charge in [-0.05, 0) is 30.2 Å². The number of alkyl halides is 3. The van der Waals surface area contributed by atoms with Crippen molar-refractivity contribution in [3.63, 3.8) is 0 Å². The molecule has 4 rings (SSSR count). The largest absolute Gasteiger partial charge is 0.389 e.